The van der Waals surface area contributed by atoms with Gasteiger partial charge in [0.2, 0.25) is 5.91 Å². The standard InChI is InChI=1S/C19H16N4O2/c24-18(22-11-10-15-8-4-5-9-17(15)22)13-23-19(25)21-16(12-20-23)14-6-2-1-3-7-14/h1-9,12H,10-11,13H2. The van der Waals surface area contributed by atoms with Crippen molar-refractivity contribution in [3.8, 4) is 11.3 Å². The van der Waals surface area contributed by atoms with Crippen LogP contribution in [0.1, 0.15) is 5.56 Å². The van der Waals surface area contributed by atoms with E-state index < -0.39 is 5.69 Å². The van der Waals surface area contributed by atoms with Crippen LogP contribution in [0.4, 0.5) is 5.69 Å². The van der Waals surface area contributed by atoms with Crippen molar-refractivity contribution in [3.63, 3.8) is 0 Å². The van der Waals surface area contributed by atoms with E-state index in [0.29, 0.717) is 12.2 Å². The van der Waals surface area contributed by atoms with E-state index in [1.165, 1.54) is 6.20 Å². The van der Waals surface area contributed by atoms with Gasteiger partial charge in [-0.05, 0) is 18.1 Å². The molecule has 0 fully saturated rings. The van der Waals surface area contributed by atoms with Gasteiger partial charge in [0.1, 0.15) is 6.54 Å². The highest BCUT2D eigenvalue weighted by molar-refractivity contribution is 5.95. The van der Waals surface area contributed by atoms with Crippen molar-refractivity contribution in [2.24, 2.45) is 0 Å². The fraction of sp³-hybridized carbons (Fsp3) is 0.158. The quantitative estimate of drug-likeness (QED) is 0.734. The zero-order chi connectivity index (χ0) is 17.2. The second kappa shape index (κ2) is 6.32. The molecule has 0 radical (unpaired) electrons. The third-order valence-electron chi connectivity index (χ3n) is 4.30. The summed E-state index contributed by atoms with van der Waals surface area (Å²) in [4.78, 5) is 30.6. The molecule has 124 valence electrons. The van der Waals surface area contributed by atoms with E-state index in [2.05, 4.69) is 10.1 Å². The lowest BCUT2D eigenvalue weighted by Crippen LogP contribution is -2.37. The number of aromatic nitrogens is 3. The van der Waals surface area contributed by atoms with Crippen LogP contribution in [0.25, 0.3) is 11.3 Å². The molecule has 0 saturated carbocycles. The molecular weight excluding hydrogens is 316 g/mol. The molecule has 1 amide bonds. The van der Waals surface area contributed by atoms with Crippen LogP contribution in [0.3, 0.4) is 0 Å². The van der Waals surface area contributed by atoms with Crippen LogP contribution >= 0.6 is 0 Å². The molecule has 6 nitrogen and oxygen atoms in total. The van der Waals surface area contributed by atoms with Gasteiger partial charge < -0.3 is 4.90 Å². The molecule has 6 heteroatoms. The van der Waals surface area contributed by atoms with E-state index in [-0.39, 0.29) is 12.5 Å². The van der Waals surface area contributed by atoms with Crippen LogP contribution in [0.5, 0.6) is 0 Å². The lowest BCUT2D eigenvalue weighted by molar-refractivity contribution is -0.119. The van der Waals surface area contributed by atoms with E-state index >= 15 is 0 Å². The third kappa shape index (κ3) is 2.94. The summed E-state index contributed by atoms with van der Waals surface area (Å²) < 4.78 is 1.11. The predicted octanol–water partition coefficient (Wildman–Crippen LogP) is 1.89. The van der Waals surface area contributed by atoms with Gasteiger partial charge in [0.05, 0.1) is 11.9 Å². The zero-order valence-corrected chi connectivity index (χ0v) is 13.5. The summed E-state index contributed by atoms with van der Waals surface area (Å²) >= 11 is 0. The average Bonchev–Trinajstić information content (AvgIpc) is 3.08. The lowest BCUT2D eigenvalue weighted by atomic mass is 10.2. The number of amides is 1. The Bertz CT molecular complexity index is 982. The number of fused-ring (bicyclic) bond motifs is 1. The molecule has 0 atom stereocenters. The minimum Gasteiger partial charge on any atom is -0.310 e. The van der Waals surface area contributed by atoms with Crippen molar-refractivity contribution in [3.05, 3.63) is 76.8 Å². The Morgan fingerprint density at radius 1 is 1.04 bits per heavy atom. The minimum atomic E-state index is -0.526. The van der Waals surface area contributed by atoms with Gasteiger partial charge in [-0.3, -0.25) is 4.79 Å². The summed E-state index contributed by atoms with van der Waals surface area (Å²) in [7, 11) is 0. The summed E-state index contributed by atoms with van der Waals surface area (Å²) in [6.07, 6.45) is 2.34. The fourth-order valence-electron chi connectivity index (χ4n) is 3.03. The highest BCUT2D eigenvalue weighted by atomic mass is 16.2. The number of carbonyl (C=O) groups excluding carboxylic acids is 1. The summed E-state index contributed by atoms with van der Waals surface area (Å²) in [6.45, 7) is 0.512. The monoisotopic (exact) mass is 332 g/mol. The summed E-state index contributed by atoms with van der Waals surface area (Å²) in [5.74, 6) is -0.159. The normalized spacial score (nSPS) is 12.9. The molecule has 0 bridgehead atoms. The molecule has 3 aromatic rings. The van der Waals surface area contributed by atoms with Gasteiger partial charge in [0.15, 0.2) is 0 Å². The average molecular weight is 332 g/mol. The number of anilines is 1. The fourth-order valence-corrected chi connectivity index (χ4v) is 3.03. The molecule has 0 aliphatic carbocycles. The van der Waals surface area contributed by atoms with Crippen LogP contribution in [0, 0.1) is 0 Å². The van der Waals surface area contributed by atoms with Crippen LogP contribution in [0.2, 0.25) is 0 Å². The van der Waals surface area contributed by atoms with E-state index in [4.69, 9.17) is 0 Å². The first-order valence-electron chi connectivity index (χ1n) is 8.10. The maximum absolute atomic E-state index is 12.6. The zero-order valence-electron chi connectivity index (χ0n) is 13.5. The Hall–Kier alpha value is -3.28. The molecule has 0 unspecified atom stereocenters. The molecule has 25 heavy (non-hydrogen) atoms. The third-order valence-corrected chi connectivity index (χ3v) is 4.30. The number of para-hydroxylation sites is 1. The highest BCUT2D eigenvalue weighted by Crippen LogP contribution is 2.27. The second-order valence-electron chi connectivity index (χ2n) is 5.87. The van der Waals surface area contributed by atoms with Crippen LogP contribution in [-0.4, -0.2) is 27.2 Å². The lowest BCUT2D eigenvalue weighted by Gasteiger charge is -2.17. The molecule has 0 spiro atoms. The molecule has 0 saturated heterocycles. The predicted molar refractivity (Wildman–Crippen MR) is 94.2 cm³/mol. The van der Waals surface area contributed by atoms with E-state index in [9.17, 15) is 9.59 Å². The number of hydrogen-bond acceptors (Lipinski definition) is 4. The molecule has 2 heterocycles. The Labute approximate surface area is 144 Å². The Morgan fingerprint density at radius 2 is 1.80 bits per heavy atom. The van der Waals surface area contributed by atoms with Gasteiger partial charge in [-0.1, -0.05) is 48.5 Å². The number of hydrogen-bond donors (Lipinski definition) is 0. The van der Waals surface area contributed by atoms with E-state index in [0.717, 1.165) is 27.9 Å². The van der Waals surface area contributed by atoms with Crippen LogP contribution < -0.4 is 10.6 Å². The molecule has 1 aliphatic rings. The first-order chi connectivity index (χ1) is 12.2. The van der Waals surface area contributed by atoms with Gasteiger partial charge in [-0.25, -0.2) is 9.48 Å². The Kier molecular flexibility index (Phi) is 3.85. The topological polar surface area (TPSA) is 68.1 Å². The Balaban J connectivity index is 1.56. The van der Waals surface area contributed by atoms with Crippen molar-refractivity contribution in [1.82, 2.24) is 14.8 Å². The van der Waals surface area contributed by atoms with Gasteiger partial charge in [-0.2, -0.15) is 10.1 Å². The van der Waals surface area contributed by atoms with Gasteiger partial charge >= 0.3 is 5.69 Å². The molecule has 0 N–H and O–H groups in total. The van der Waals surface area contributed by atoms with Crippen molar-refractivity contribution in [1.29, 1.82) is 0 Å². The SMILES string of the molecule is O=C(Cn1ncc(-c2ccccc2)nc1=O)N1CCc2ccccc21. The van der Waals surface area contributed by atoms with Crippen molar-refractivity contribution in [2.75, 3.05) is 11.4 Å². The van der Waals surface area contributed by atoms with Gasteiger partial charge in [0.25, 0.3) is 0 Å². The number of nitrogens with zero attached hydrogens (tertiary/aromatic N) is 4. The van der Waals surface area contributed by atoms with Gasteiger partial charge in [0, 0.05) is 17.8 Å². The second-order valence-corrected chi connectivity index (χ2v) is 5.87. The van der Waals surface area contributed by atoms with Crippen LogP contribution in [-0.2, 0) is 17.8 Å². The maximum atomic E-state index is 12.6. The first kappa shape index (κ1) is 15.3. The molecule has 4 rings (SSSR count). The summed E-state index contributed by atoms with van der Waals surface area (Å²) in [5.41, 5.74) is 2.85. The highest BCUT2D eigenvalue weighted by Gasteiger charge is 2.24. The number of carbonyl (C=O) groups is 1. The first-order valence-corrected chi connectivity index (χ1v) is 8.10. The number of rotatable bonds is 3. The smallest absolute Gasteiger partial charge is 0.310 e. The minimum absolute atomic E-state index is 0.116. The van der Waals surface area contributed by atoms with E-state index in [1.54, 1.807) is 4.90 Å². The maximum Gasteiger partial charge on any atom is 0.365 e. The molecule has 2 aromatic carbocycles. The summed E-state index contributed by atoms with van der Waals surface area (Å²) in [6, 6.07) is 17.2. The molecular formula is C19H16N4O2. The largest absolute Gasteiger partial charge is 0.365 e. The van der Waals surface area contributed by atoms with Crippen molar-refractivity contribution < 1.29 is 4.79 Å². The Morgan fingerprint density at radius 3 is 2.60 bits per heavy atom. The number of benzene rings is 2. The van der Waals surface area contributed by atoms with Crippen LogP contribution in [0.15, 0.2) is 65.6 Å². The van der Waals surface area contributed by atoms with Crippen molar-refractivity contribution in [2.45, 2.75) is 13.0 Å². The summed E-state index contributed by atoms with van der Waals surface area (Å²) in [5, 5.41) is 4.12. The van der Waals surface area contributed by atoms with E-state index in [1.807, 2.05) is 54.6 Å². The van der Waals surface area contributed by atoms with Crippen molar-refractivity contribution >= 4 is 11.6 Å². The molecule has 1 aromatic heterocycles. The molecule has 1 aliphatic heterocycles. The van der Waals surface area contributed by atoms with Gasteiger partial charge in [-0.15, -0.1) is 0 Å².